The molecule has 0 bridgehead atoms. The fraction of sp³-hybridized carbons (Fsp3) is 0.357. The van der Waals surface area contributed by atoms with Crippen LogP contribution in [-0.4, -0.2) is 25.4 Å². The largest absolute Gasteiger partial charge is 0.477 e. The number of rotatable bonds is 5. The highest BCUT2D eigenvalue weighted by atomic mass is 35.5. The molecule has 2 aromatic heterocycles. The van der Waals surface area contributed by atoms with Crippen LogP contribution in [0, 0.1) is 0 Å². The average Bonchev–Trinajstić information content (AvgIpc) is 2.77. The van der Waals surface area contributed by atoms with E-state index in [9.17, 15) is 14.7 Å². The van der Waals surface area contributed by atoms with Crippen LogP contribution in [0.25, 0.3) is 0 Å². The first-order valence-electron chi connectivity index (χ1n) is 6.66. The Morgan fingerprint density at radius 1 is 1.38 bits per heavy atom. The van der Waals surface area contributed by atoms with Crippen LogP contribution < -0.4 is 5.56 Å². The van der Waals surface area contributed by atoms with E-state index in [1.807, 2.05) is 13.8 Å². The maximum absolute atomic E-state index is 12.0. The highest BCUT2D eigenvalue weighted by Crippen LogP contribution is 2.22. The molecule has 1 N–H and O–H groups in total. The quantitative estimate of drug-likeness (QED) is 0.916. The molecule has 21 heavy (non-hydrogen) atoms. The van der Waals surface area contributed by atoms with Gasteiger partial charge in [0.1, 0.15) is 5.69 Å². The minimum Gasteiger partial charge on any atom is -0.477 e. The molecule has 2 rings (SSSR count). The highest BCUT2D eigenvalue weighted by molar-refractivity contribution is 6.31. The summed E-state index contributed by atoms with van der Waals surface area (Å²) >= 11 is 6.30. The fourth-order valence-corrected chi connectivity index (χ4v) is 2.52. The Labute approximate surface area is 126 Å². The predicted octanol–water partition coefficient (Wildman–Crippen LogP) is 2.03. The third-order valence-corrected chi connectivity index (χ3v) is 3.71. The average molecular weight is 310 g/mol. The van der Waals surface area contributed by atoms with Gasteiger partial charge in [0.25, 0.3) is 5.56 Å². The molecule has 0 atom stereocenters. The fourth-order valence-electron chi connectivity index (χ4n) is 2.19. The molecule has 112 valence electrons. The second-order valence-corrected chi connectivity index (χ2v) is 4.90. The Hall–Kier alpha value is -2.08. The van der Waals surface area contributed by atoms with E-state index in [2.05, 4.69) is 5.10 Å². The lowest BCUT2D eigenvalue weighted by molar-refractivity contribution is 0.0684. The van der Waals surface area contributed by atoms with Gasteiger partial charge in [-0.25, -0.2) is 4.79 Å². The van der Waals surface area contributed by atoms with Crippen molar-refractivity contribution in [1.29, 1.82) is 0 Å². The van der Waals surface area contributed by atoms with E-state index in [4.69, 9.17) is 11.6 Å². The number of aromatic nitrogens is 3. The molecular weight excluding hydrogens is 294 g/mol. The number of pyridine rings is 1. The molecule has 0 fully saturated rings. The van der Waals surface area contributed by atoms with Crippen molar-refractivity contribution in [2.75, 3.05) is 0 Å². The van der Waals surface area contributed by atoms with Crippen molar-refractivity contribution >= 4 is 17.6 Å². The number of halogens is 1. The summed E-state index contributed by atoms with van der Waals surface area (Å²) in [5, 5.41) is 14.1. The van der Waals surface area contributed by atoms with Crippen LogP contribution in [0.15, 0.2) is 23.0 Å². The van der Waals surface area contributed by atoms with E-state index in [1.165, 1.54) is 22.8 Å². The molecule has 2 heterocycles. The number of carboxylic acid groups (broad SMARTS) is 1. The number of carbonyl (C=O) groups is 1. The van der Waals surface area contributed by atoms with Crippen LogP contribution in [-0.2, 0) is 19.5 Å². The van der Waals surface area contributed by atoms with Crippen molar-refractivity contribution in [2.24, 2.45) is 0 Å². The van der Waals surface area contributed by atoms with Gasteiger partial charge in [-0.3, -0.25) is 14.0 Å². The number of aryl methyl sites for hydroxylation is 2. The van der Waals surface area contributed by atoms with E-state index >= 15 is 0 Å². The first kappa shape index (κ1) is 15.3. The third kappa shape index (κ3) is 2.85. The van der Waals surface area contributed by atoms with Crippen LogP contribution in [0.4, 0.5) is 0 Å². The summed E-state index contributed by atoms with van der Waals surface area (Å²) in [5.74, 6) is -1.15. The molecule has 0 saturated carbocycles. The smallest absolute Gasteiger partial charge is 0.352 e. The van der Waals surface area contributed by atoms with E-state index in [1.54, 1.807) is 4.68 Å². The zero-order valence-corrected chi connectivity index (χ0v) is 12.6. The first-order chi connectivity index (χ1) is 9.99. The normalized spacial score (nSPS) is 10.8. The van der Waals surface area contributed by atoms with Gasteiger partial charge < -0.3 is 5.11 Å². The van der Waals surface area contributed by atoms with E-state index in [-0.39, 0.29) is 17.8 Å². The van der Waals surface area contributed by atoms with Gasteiger partial charge in [0, 0.05) is 12.6 Å². The lowest BCUT2D eigenvalue weighted by Crippen LogP contribution is -2.26. The van der Waals surface area contributed by atoms with Gasteiger partial charge >= 0.3 is 5.97 Å². The second-order valence-electron chi connectivity index (χ2n) is 4.52. The maximum Gasteiger partial charge on any atom is 0.352 e. The van der Waals surface area contributed by atoms with Crippen molar-refractivity contribution in [1.82, 2.24) is 14.3 Å². The minimum absolute atomic E-state index is 0.0690. The number of nitrogens with zero attached hydrogens (tertiary/aromatic N) is 3. The molecule has 0 spiro atoms. The summed E-state index contributed by atoms with van der Waals surface area (Å²) in [6, 6.07) is 4.15. The predicted molar refractivity (Wildman–Crippen MR) is 79.1 cm³/mol. The molecule has 0 saturated heterocycles. The Bertz CT molecular complexity index is 734. The van der Waals surface area contributed by atoms with Gasteiger partial charge in [-0.15, -0.1) is 0 Å². The van der Waals surface area contributed by atoms with Gasteiger partial charge in [-0.1, -0.05) is 24.6 Å². The summed E-state index contributed by atoms with van der Waals surface area (Å²) in [7, 11) is 0. The molecule has 0 aliphatic rings. The van der Waals surface area contributed by atoms with Crippen LogP contribution in [0.2, 0.25) is 5.02 Å². The summed E-state index contributed by atoms with van der Waals surface area (Å²) < 4.78 is 2.89. The maximum atomic E-state index is 12.0. The van der Waals surface area contributed by atoms with Crippen molar-refractivity contribution in [2.45, 2.75) is 33.4 Å². The molecule has 6 nitrogen and oxygen atoms in total. The summed E-state index contributed by atoms with van der Waals surface area (Å²) in [5.41, 5.74) is 0.939. The summed E-state index contributed by atoms with van der Waals surface area (Å²) in [6.45, 7) is 4.54. The van der Waals surface area contributed by atoms with Gasteiger partial charge in [-0.2, -0.15) is 5.10 Å². The molecule has 0 unspecified atom stereocenters. The van der Waals surface area contributed by atoms with Crippen LogP contribution >= 0.6 is 11.6 Å². The lowest BCUT2D eigenvalue weighted by atomic mass is 10.2. The van der Waals surface area contributed by atoms with Crippen molar-refractivity contribution in [3.8, 4) is 0 Å². The van der Waals surface area contributed by atoms with E-state index in [0.717, 1.165) is 5.69 Å². The molecule has 0 radical (unpaired) electrons. The highest BCUT2D eigenvalue weighted by Gasteiger charge is 2.18. The zero-order valence-electron chi connectivity index (χ0n) is 11.8. The van der Waals surface area contributed by atoms with Crippen LogP contribution in [0.1, 0.15) is 35.7 Å². The van der Waals surface area contributed by atoms with Crippen LogP contribution in [0.3, 0.4) is 0 Å². The molecule has 0 aromatic carbocycles. The second kappa shape index (κ2) is 6.13. The minimum atomic E-state index is -1.15. The summed E-state index contributed by atoms with van der Waals surface area (Å²) in [4.78, 5) is 23.2. The van der Waals surface area contributed by atoms with Gasteiger partial charge in [0.2, 0.25) is 0 Å². The lowest BCUT2D eigenvalue weighted by Gasteiger charge is -2.11. The monoisotopic (exact) mass is 309 g/mol. The van der Waals surface area contributed by atoms with Gasteiger partial charge in [-0.05, 0) is 19.4 Å². The van der Waals surface area contributed by atoms with Crippen LogP contribution in [0.5, 0.6) is 0 Å². The van der Waals surface area contributed by atoms with Crippen molar-refractivity contribution in [3.63, 3.8) is 0 Å². The van der Waals surface area contributed by atoms with Crippen molar-refractivity contribution in [3.05, 3.63) is 50.7 Å². The van der Waals surface area contributed by atoms with Gasteiger partial charge in [0.15, 0.2) is 0 Å². The van der Waals surface area contributed by atoms with Gasteiger partial charge in [0.05, 0.1) is 23.0 Å². The molecule has 0 aliphatic carbocycles. The van der Waals surface area contributed by atoms with Crippen molar-refractivity contribution < 1.29 is 9.90 Å². The SMILES string of the molecule is CCc1nn(CC)c(Cn2c(C(=O)O)cccc2=O)c1Cl. The molecular formula is C14H16ClN3O3. The Morgan fingerprint density at radius 3 is 2.67 bits per heavy atom. The summed E-state index contributed by atoms with van der Waals surface area (Å²) in [6.07, 6.45) is 0.675. The number of hydrogen-bond acceptors (Lipinski definition) is 3. The molecule has 0 amide bonds. The first-order valence-corrected chi connectivity index (χ1v) is 7.04. The molecule has 0 aliphatic heterocycles. The number of aromatic carboxylic acids is 1. The molecule has 7 heteroatoms. The number of carboxylic acids is 1. The Morgan fingerprint density at radius 2 is 2.10 bits per heavy atom. The van der Waals surface area contributed by atoms with E-state index < -0.39 is 5.97 Å². The third-order valence-electron chi connectivity index (χ3n) is 3.27. The Kier molecular flexibility index (Phi) is 4.47. The standard InChI is InChI=1S/C14H16ClN3O3/c1-3-9-13(15)11(18(4-2)16-9)8-17-10(14(20)21)6-5-7-12(17)19/h5-7H,3-4,8H2,1-2H3,(H,20,21). The number of hydrogen-bond donors (Lipinski definition) is 1. The topological polar surface area (TPSA) is 77.1 Å². The molecule has 2 aromatic rings. The zero-order chi connectivity index (χ0) is 15.6. The van der Waals surface area contributed by atoms with E-state index in [0.29, 0.717) is 23.7 Å². The Balaban J connectivity index is 2.55.